The molecule has 1 fully saturated rings. The van der Waals surface area contributed by atoms with E-state index in [2.05, 4.69) is 11.4 Å². The van der Waals surface area contributed by atoms with Gasteiger partial charge in [-0.15, -0.1) is 0 Å². The van der Waals surface area contributed by atoms with Crippen molar-refractivity contribution in [3.05, 3.63) is 35.4 Å². The molecule has 0 aromatic heterocycles. The second-order valence-electron chi connectivity index (χ2n) is 4.48. The Morgan fingerprint density at radius 1 is 1.44 bits per heavy atom. The molecule has 1 amide bonds. The van der Waals surface area contributed by atoms with Crippen molar-refractivity contribution in [1.29, 1.82) is 5.26 Å². The van der Waals surface area contributed by atoms with E-state index in [-0.39, 0.29) is 11.9 Å². The molecule has 4 heteroatoms. The van der Waals surface area contributed by atoms with Crippen molar-refractivity contribution in [2.75, 3.05) is 13.1 Å². The maximum absolute atomic E-state index is 12.1. The van der Waals surface area contributed by atoms with Crippen LogP contribution in [0.1, 0.15) is 24.5 Å². The number of hydrogen-bond donors (Lipinski definition) is 1. The highest BCUT2D eigenvalue weighted by Crippen LogP contribution is 2.11. The molecule has 0 saturated carbocycles. The Labute approximate surface area is 107 Å². The predicted octanol–water partition coefficient (Wildman–Crippen LogP) is 1.27. The van der Waals surface area contributed by atoms with Crippen LogP contribution in [0.3, 0.4) is 0 Å². The Morgan fingerprint density at radius 2 is 2.17 bits per heavy atom. The highest BCUT2D eigenvalue weighted by molar-refractivity contribution is 5.82. The van der Waals surface area contributed by atoms with Gasteiger partial charge in [-0.1, -0.05) is 19.1 Å². The molecule has 94 valence electrons. The maximum atomic E-state index is 12.1. The summed E-state index contributed by atoms with van der Waals surface area (Å²) in [6.45, 7) is 4.24. The standard InChI is InChI=1S/C14H17N3O/c1-2-13-14(18)17(8-7-16-13)10-12-5-3-11(9-15)4-6-12/h3-6,13,16H,2,7-8,10H2,1H3. The molecular formula is C14H17N3O. The van der Waals surface area contributed by atoms with E-state index in [1.54, 1.807) is 12.1 Å². The lowest BCUT2D eigenvalue weighted by atomic mass is 10.1. The first-order valence-corrected chi connectivity index (χ1v) is 6.25. The average Bonchev–Trinajstić information content (AvgIpc) is 2.42. The summed E-state index contributed by atoms with van der Waals surface area (Å²) in [4.78, 5) is 14.0. The number of nitrogens with zero attached hydrogens (tertiary/aromatic N) is 2. The molecule has 1 N–H and O–H groups in total. The van der Waals surface area contributed by atoms with E-state index in [4.69, 9.17) is 5.26 Å². The molecule has 0 spiro atoms. The van der Waals surface area contributed by atoms with Gasteiger partial charge in [-0.25, -0.2) is 0 Å². The summed E-state index contributed by atoms with van der Waals surface area (Å²) in [5.41, 5.74) is 1.72. The number of hydrogen-bond acceptors (Lipinski definition) is 3. The molecule has 4 nitrogen and oxygen atoms in total. The number of benzene rings is 1. The van der Waals surface area contributed by atoms with Crippen LogP contribution in [0.2, 0.25) is 0 Å². The highest BCUT2D eigenvalue weighted by atomic mass is 16.2. The summed E-state index contributed by atoms with van der Waals surface area (Å²) in [6.07, 6.45) is 0.822. The van der Waals surface area contributed by atoms with Crippen LogP contribution in [-0.2, 0) is 11.3 Å². The lowest BCUT2D eigenvalue weighted by Gasteiger charge is -2.32. The number of amides is 1. The van der Waals surface area contributed by atoms with Gasteiger partial charge < -0.3 is 10.2 Å². The molecular weight excluding hydrogens is 226 g/mol. The fourth-order valence-electron chi connectivity index (χ4n) is 2.17. The summed E-state index contributed by atoms with van der Waals surface area (Å²) >= 11 is 0. The van der Waals surface area contributed by atoms with Gasteiger partial charge in [-0.05, 0) is 24.1 Å². The number of rotatable bonds is 3. The van der Waals surface area contributed by atoms with Crippen LogP contribution in [0.5, 0.6) is 0 Å². The van der Waals surface area contributed by atoms with Gasteiger partial charge in [0.05, 0.1) is 17.7 Å². The molecule has 1 aromatic rings. The fraction of sp³-hybridized carbons (Fsp3) is 0.429. The third kappa shape index (κ3) is 2.69. The minimum absolute atomic E-state index is 0.0443. The molecule has 0 aliphatic carbocycles. The SMILES string of the molecule is CCC1NCCN(Cc2ccc(C#N)cc2)C1=O. The molecule has 0 radical (unpaired) electrons. The third-order valence-electron chi connectivity index (χ3n) is 3.25. The Balaban J connectivity index is 2.04. The van der Waals surface area contributed by atoms with Crippen LogP contribution >= 0.6 is 0 Å². The minimum Gasteiger partial charge on any atom is -0.336 e. The van der Waals surface area contributed by atoms with Crippen molar-refractivity contribution in [2.45, 2.75) is 25.9 Å². The smallest absolute Gasteiger partial charge is 0.240 e. The Kier molecular flexibility index (Phi) is 3.96. The highest BCUT2D eigenvalue weighted by Gasteiger charge is 2.26. The van der Waals surface area contributed by atoms with Gasteiger partial charge >= 0.3 is 0 Å². The first-order chi connectivity index (χ1) is 8.74. The van der Waals surface area contributed by atoms with E-state index in [0.29, 0.717) is 12.1 Å². The van der Waals surface area contributed by atoms with Crippen molar-refractivity contribution < 1.29 is 4.79 Å². The number of piperazine rings is 1. The molecule has 1 atom stereocenters. The van der Waals surface area contributed by atoms with Crippen LogP contribution in [0.25, 0.3) is 0 Å². The lowest BCUT2D eigenvalue weighted by molar-refractivity contribution is -0.136. The van der Waals surface area contributed by atoms with Crippen LogP contribution in [0.15, 0.2) is 24.3 Å². The van der Waals surface area contributed by atoms with Crippen LogP contribution in [0.4, 0.5) is 0 Å². The van der Waals surface area contributed by atoms with Crippen LogP contribution in [0, 0.1) is 11.3 Å². The normalized spacial score (nSPS) is 19.7. The molecule has 18 heavy (non-hydrogen) atoms. The zero-order valence-electron chi connectivity index (χ0n) is 10.5. The second-order valence-corrected chi connectivity index (χ2v) is 4.48. The zero-order chi connectivity index (χ0) is 13.0. The van der Waals surface area contributed by atoms with Gasteiger partial charge in [0, 0.05) is 19.6 Å². The molecule has 1 unspecified atom stereocenters. The van der Waals surface area contributed by atoms with E-state index in [1.807, 2.05) is 24.0 Å². The van der Waals surface area contributed by atoms with Gasteiger partial charge in [0.15, 0.2) is 0 Å². The molecule has 1 aliphatic rings. The minimum atomic E-state index is -0.0443. The fourth-order valence-corrected chi connectivity index (χ4v) is 2.17. The largest absolute Gasteiger partial charge is 0.336 e. The topological polar surface area (TPSA) is 56.1 Å². The predicted molar refractivity (Wildman–Crippen MR) is 68.7 cm³/mol. The van der Waals surface area contributed by atoms with Crippen molar-refractivity contribution in [1.82, 2.24) is 10.2 Å². The number of carbonyl (C=O) groups is 1. The van der Waals surface area contributed by atoms with Crippen molar-refractivity contribution in [3.63, 3.8) is 0 Å². The molecule has 1 aliphatic heterocycles. The van der Waals surface area contributed by atoms with Crippen molar-refractivity contribution in [2.24, 2.45) is 0 Å². The van der Waals surface area contributed by atoms with E-state index >= 15 is 0 Å². The van der Waals surface area contributed by atoms with Gasteiger partial charge in [0.25, 0.3) is 0 Å². The zero-order valence-corrected chi connectivity index (χ0v) is 10.5. The molecule has 1 saturated heterocycles. The summed E-state index contributed by atoms with van der Waals surface area (Å²) < 4.78 is 0. The summed E-state index contributed by atoms with van der Waals surface area (Å²) in [6, 6.07) is 9.45. The van der Waals surface area contributed by atoms with E-state index in [0.717, 1.165) is 25.1 Å². The van der Waals surface area contributed by atoms with Gasteiger partial charge in [-0.2, -0.15) is 5.26 Å². The Morgan fingerprint density at radius 3 is 2.78 bits per heavy atom. The number of nitrogens with one attached hydrogen (secondary N) is 1. The van der Waals surface area contributed by atoms with E-state index in [1.165, 1.54) is 0 Å². The maximum Gasteiger partial charge on any atom is 0.240 e. The summed E-state index contributed by atoms with van der Waals surface area (Å²) in [5, 5.41) is 12.0. The number of nitriles is 1. The van der Waals surface area contributed by atoms with E-state index < -0.39 is 0 Å². The number of carbonyl (C=O) groups excluding carboxylic acids is 1. The van der Waals surface area contributed by atoms with Crippen LogP contribution in [-0.4, -0.2) is 29.9 Å². The average molecular weight is 243 g/mol. The Hall–Kier alpha value is -1.86. The van der Waals surface area contributed by atoms with Gasteiger partial charge in [-0.3, -0.25) is 4.79 Å². The first kappa shape index (κ1) is 12.6. The van der Waals surface area contributed by atoms with Crippen molar-refractivity contribution >= 4 is 5.91 Å². The Bertz CT molecular complexity index is 461. The van der Waals surface area contributed by atoms with Gasteiger partial charge in [0.2, 0.25) is 5.91 Å². The molecule has 1 aromatic carbocycles. The summed E-state index contributed by atoms with van der Waals surface area (Å²) in [5.74, 6) is 0.174. The van der Waals surface area contributed by atoms with Crippen LogP contribution < -0.4 is 5.32 Å². The molecule has 2 rings (SSSR count). The molecule has 0 bridgehead atoms. The van der Waals surface area contributed by atoms with E-state index in [9.17, 15) is 4.79 Å². The second kappa shape index (κ2) is 5.65. The third-order valence-corrected chi connectivity index (χ3v) is 3.25. The monoisotopic (exact) mass is 243 g/mol. The lowest BCUT2D eigenvalue weighted by Crippen LogP contribution is -2.54. The first-order valence-electron chi connectivity index (χ1n) is 6.25. The molecule has 1 heterocycles. The van der Waals surface area contributed by atoms with Gasteiger partial charge in [0.1, 0.15) is 0 Å². The van der Waals surface area contributed by atoms with Crippen molar-refractivity contribution in [3.8, 4) is 6.07 Å². The quantitative estimate of drug-likeness (QED) is 0.869. The summed E-state index contributed by atoms with van der Waals surface area (Å²) in [7, 11) is 0.